The maximum atomic E-state index is 14.2. The third-order valence-electron chi connectivity index (χ3n) is 3.45. The van der Waals surface area contributed by atoms with Crippen molar-refractivity contribution in [3.8, 4) is 28.5 Å². The predicted octanol–water partition coefficient (Wildman–Crippen LogP) is 4.64. The van der Waals surface area contributed by atoms with E-state index >= 15 is 0 Å². The lowest BCUT2D eigenvalue weighted by molar-refractivity contribution is -0.141. The zero-order valence-corrected chi connectivity index (χ0v) is 13.6. The minimum absolute atomic E-state index is 0.0493. The molecule has 5 nitrogen and oxygen atoms in total. The summed E-state index contributed by atoms with van der Waals surface area (Å²) < 4.78 is 75.8. The van der Waals surface area contributed by atoms with Gasteiger partial charge in [0.1, 0.15) is 23.6 Å². The van der Waals surface area contributed by atoms with Gasteiger partial charge in [0.25, 0.3) is 0 Å². The summed E-state index contributed by atoms with van der Waals surface area (Å²) in [6.45, 7) is 0. The molecular weight excluding hydrogens is 373 g/mol. The van der Waals surface area contributed by atoms with Crippen molar-refractivity contribution in [2.24, 2.45) is 0 Å². The molecule has 0 saturated carbocycles. The molecule has 0 spiro atoms. The summed E-state index contributed by atoms with van der Waals surface area (Å²) >= 11 is 0. The summed E-state index contributed by atoms with van der Waals surface area (Å²) in [5, 5.41) is 0. The first-order valence-electron chi connectivity index (χ1n) is 7.34. The largest absolute Gasteiger partial charge is 0.494 e. The van der Waals surface area contributed by atoms with E-state index in [-0.39, 0.29) is 28.5 Å². The molecule has 27 heavy (non-hydrogen) atoms. The maximum Gasteiger partial charge on any atom is 0.433 e. The van der Waals surface area contributed by atoms with Crippen molar-refractivity contribution in [2.75, 3.05) is 7.11 Å². The van der Waals surface area contributed by atoms with Crippen molar-refractivity contribution >= 4 is 0 Å². The number of hydrogen-bond donors (Lipinski definition) is 0. The molecule has 1 aromatic carbocycles. The van der Waals surface area contributed by atoms with Gasteiger partial charge in [-0.2, -0.15) is 13.2 Å². The highest BCUT2D eigenvalue weighted by atomic mass is 19.4. The number of hydrogen-bond acceptors (Lipinski definition) is 5. The summed E-state index contributed by atoms with van der Waals surface area (Å²) in [6.07, 6.45) is -1.41. The number of pyridine rings is 1. The number of methoxy groups -OCH3 is 1. The molecule has 2 heterocycles. The zero-order chi connectivity index (χ0) is 19.6. The van der Waals surface area contributed by atoms with Crippen LogP contribution in [-0.4, -0.2) is 22.1 Å². The van der Waals surface area contributed by atoms with Crippen LogP contribution in [0.5, 0.6) is 17.4 Å². The van der Waals surface area contributed by atoms with Crippen LogP contribution in [0.25, 0.3) is 11.1 Å². The number of ether oxygens (including phenoxy) is 2. The molecule has 3 rings (SSSR count). The third-order valence-corrected chi connectivity index (χ3v) is 3.45. The number of nitrogens with zero attached hydrogens (tertiary/aromatic N) is 3. The maximum absolute atomic E-state index is 14.2. The Kier molecular flexibility index (Phi) is 4.89. The molecule has 140 valence electrons. The van der Waals surface area contributed by atoms with Crippen LogP contribution >= 0.6 is 0 Å². The highest BCUT2D eigenvalue weighted by molar-refractivity contribution is 5.70. The van der Waals surface area contributed by atoms with E-state index < -0.39 is 23.5 Å². The molecule has 0 saturated heterocycles. The molecule has 0 bridgehead atoms. The van der Waals surface area contributed by atoms with Crippen molar-refractivity contribution in [1.82, 2.24) is 15.0 Å². The van der Waals surface area contributed by atoms with Crippen LogP contribution in [0.15, 0.2) is 43.0 Å². The number of alkyl halides is 3. The Balaban J connectivity index is 1.98. The second-order valence-electron chi connectivity index (χ2n) is 5.19. The Morgan fingerprint density at radius 1 is 0.926 bits per heavy atom. The molecule has 3 aromatic rings. The van der Waals surface area contributed by atoms with E-state index in [0.29, 0.717) is 6.07 Å². The fourth-order valence-electron chi connectivity index (χ4n) is 2.20. The molecule has 0 aliphatic rings. The second kappa shape index (κ2) is 7.14. The lowest BCUT2D eigenvalue weighted by Gasteiger charge is -2.12. The molecule has 10 heteroatoms. The quantitative estimate of drug-likeness (QED) is 0.615. The number of aromatic nitrogens is 3. The van der Waals surface area contributed by atoms with E-state index in [0.717, 1.165) is 30.7 Å². The van der Waals surface area contributed by atoms with E-state index in [1.165, 1.54) is 13.3 Å². The van der Waals surface area contributed by atoms with E-state index in [4.69, 9.17) is 9.47 Å². The molecule has 2 aromatic heterocycles. The van der Waals surface area contributed by atoms with Crippen LogP contribution in [0.3, 0.4) is 0 Å². The molecule has 0 atom stereocenters. The van der Waals surface area contributed by atoms with Gasteiger partial charge in [0, 0.05) is 17.8 Å². The molecule has 0 unspecified atom stereocenters. The Labute approximate surface area is 149 Å². The molecule has 0 N–H and O–H groups in total. The van der Waals surface area contributed by atoms with Gasteiger partial charge < -0.3 is 9.47 Å². The van der Waals surface area contributed by atoms with Gasteiger partial charge in [0.2, 0.25) is 5.88 Å². The molecular formula is C17H10F5N3O2. The Hall–Kier alpha value is -3.30. The minimum atomic E-state index is -4.59. The fourth-order valence-corrected chi connectivity index (χ4v) is 2.20. The van der Waals surface area contributed by atoms with E-state index in [1.54, 1.807) is 0 Å². The van der Waals surface area contributed by atoms with Crippen molar-refractivity contribution in [2.45, 2.75) is 6.18 Å². The van der Waals surface area contributed by atoms with Crippen LogP contribution in [0, 0.1) is 11.6 Å². The van der Waals surface area contributed by atoms with Gasteiger partial charge in [0.05, 0.1) is 18.9 Å². The topological polar surface area (TPSA) is 57.1 Å². The van der Waals surface area contributed by atoms with Crippen molar-refractivity contribution in [3.63, 3.8) is 0 Å². The number of halogens is 5. The van der Waals surface area contributed by atoms with Gasteiger partial charge in [-0.25, -0.2) is 23.7 Å². The van der Waals surface area contributed by atoms with Crippen LogP contribution < -0.4 is 9.47 Å². The molecule has 0 aliphatic carbocycles. The van der Waals surface area contributed by atoms with Gasteiger partial charge in [-0.3, -0.25) is 0 Å². The van der Waals surface area contributed by atoms with Gasteiger partial charge in [0.15, 0.2) is 11.6 Å². The predicted molar refractivity (Wildman–Crippen MR) is 83.2 cm³/mol. The molecule has 0 fully saturated rings. The summed E-state index contributed by atoms with van der Waals surface area (Å²) in [4.78, 5) is 10.9. The monoisotopic (exact) mass is 383 g/mol. The Bertz CT molecular complexity index is 962. The third kappa shape index (κ3) is 3.94. The van der Waals surface area contributed by atoms with E-state index in [9.17, 15) is 22.0 Å². The van der Waals surface area contributed by atoms with Gasteiger partial charge in [-0.05, 0) is 18.2 Å². The second-order valence-corrected chi connectivity index (χ2v) is 5.19. The highest BCUT2D eigenvalue weighted by Gasteiger charge is 2.32. The van der Waals surface area contributed by atoms with Gasteiger partial charge in [-0.1, -0.05) is 0 Å². The standard InChI is InChI=1S/C17H10F5N3O2/c1-26-14-4-10(12(18)5-13(14)19)11-7-23-8-25-16(11)27-9-2-3-15(24-6-9)17(20,21)22/h2-8H,1H3. The van der Waals surface area contributed by atoms with Gasteiger partial charge in [-0.15, -0.1) is 0 Å². The summed E-state index contributed by atoms with van der Waals surface area (Å²) in [5.41, 5.74) is -1.15. The summed E-state index contributed by atoms with van der Waals surface area (Å²) in [7, 11) is 1.22. The average molecular weight is 383 g/mol. The number of rotatable bonds is 4. The van der Waals surface area contributed by atoms with Crippen molar-refractivity contribution in [1.29, 1.82) is 0 Å². The van der Waals surface area contributed by atoms with Gasteiger partial charge >= 0.3 is 6.18 Å². The lowest BCUT2D eigenvalue weighted by Crippen LogP contribution is -2.07. The zero-order valence-electron chi connectivity index (χ0n) is 13.6. The summed E-state index contributed by atoms with van der Waals surface area (Å²) in [5.74, 6) is -2.24. The first kappa shape index (κ1) is 18.5. The number of benzene rings is 1. The van der Waals surface area contributed by atoms with Crippen molar-refractivity contribution < 1.29 is 31.4 Å². The van der Waals surface area contributed by atoms with E-state index in [1.807, 2.05) is 0 Å². The summed E-state index contributed by atoms with van der Waals surface area (Å²) in [6, 6.07) is 3.51. The average Bonchev–Trinajstić information content (AvgIpc) is 2.62. The van der Waals surface area contributed by atoms with Crippen molar-refractivity contribution in [3.05, 3.63) is 60.3 Å². The Morgan fingerprint density at radius 3 is 2.33 bits per heavy atom. The fraction of sp³-hybridized carbons (Fsp3) is 0.118. The lowest BCUT2D eigenvalue weighted by atomic mass is 10.1. The highest BCUT2D eigenvalue weighted by Crippen LogP contribution is 2.36. The normalized spacial score (nSPS) is 11.3. The van der Waals surface area contributed by atoms with Crippen LogP contribution in [-0.2, 0) is 6.18 Å². The van der Waals surface area contributed by atoms with Crippen LogP contribution in [0.1, 0.15) is 5.69 Å². The smallest absolute Gasteiger partial charge is 0.433 e. The first-order chi connectivity index (χ1) is 12.8. The van der Waals surface area contributed by atoms with E-state index in [2.05, 4.69) is 15.0 Å². The van der Waals surface area contributed by atoms with Crippen LogP contribution in [0.4, 0.5) is 22.0 Å². The SMILES string of the molecule is COc1cc(-c2cncnc2Oc2ccc(C(F)(F)F)nc2)c(F)cc1F. The molecule has 0 aliphatic heterocycles. The minimum Gasteiger partial charge on any atom is -0.494 e. The molecule has 0 amide bonds. The Morgan fingerprint density at radius 2 is 1.70 bits per heavy atom. The van der Waals surface area contributed by atoms with Crippen LogP contribution in [0.2, 0.25) is 0 Å². The first-order valence-corrected chi connectivity index (χ1v) is 7.34. The molecule has 0 radical (unpaired) electrons.